The van der Waals surface area contributed by atoms with E-state index in [9.17, 15) is 9.18 Å². The molecule has 0 bridgehead atoms. The lowest BCUT2D eigenvalue weighted by Crippen LogP contribution is -2.20. The van der Waals surface area contributed by atoms with E-state index in [1.807, 2.05) is 6.92 Å². The molecule has 0 fully saturated rings. The molecule has 1 unspecified atom stereocenters. The number of benzene rings is 1. The predicted octanol–water partition coefficient (Wildman–Crippen LogP) is 1.84. The summed E-state index contributed by atoms with van der Waals surface area (Å²) < 4.78 is 13.2. The Morgan fingerprint density at radius 3 is 2.88 bits per heavy atom. The summed E-state index contributed by atoms with van der Waals surface area (Å²) in [6.45, 7) is 1.88. The van der Waals surface area contributed by atoms with Gasteiger partial charge in [-0.2, -0.15) is 11.8 Å². The smallest absolute Gasteiger partial charge is 0.234 e. The Morgan fingerprint density at radius 2 is 2.25 bits per heavy atom. The van der Waals surface area contributed by atoms with Crippen LogP contribution in [0.3, 0.4) is 0 Å². The second-order valence-electron chi connectivity index (χ2n) is 3.52. The maximum Gasteiger partial charge on any atom is 0.234 e. The molecule has 1 amide bonds. The van der Waals surface area contributed by atoms with E-state index in [1.165, 1.54) is 23.9 Å². The van der Waals surface area contributed by atoms with Crippen LogP contribution in [0, 0.1) is 5.82 Å². The van der Waals surface area contributed by atoms with E-state index in [4.69, 9.17) is 5.73 Å². The van der Waals surface area contributed by atoms with Gasteiger partial charge < -0.3 is 11.1 Å². The molecular formula is C11H15FN2OS. The Kier molecular flexibility index (Phi) is 5.28. The number of carbonyl (C=O) groups excluding carboxylic acids is 1. The number of amides is 1. The maximum atomic E-state index is 13.2. The molecule has 1 atom stereocenters. The zero-order valence-corrected chi connectivity index (χ0v) is 9.89. The van der Waals surface area contributed by atoms with Gasteiger partial charge in [0.1, 0.15) is 5.82 Å². The van der Waals surface area contributed by atoms with Crippen molar-refractivity contribution in [1.29, 1.82) is 0 Å². The molecule has 3 N–H and O–H groups in total. The van der Waals surface area contributed by atoms with E-state index >= 15 is 0 Å². The summed E-state index contributed by atoms with van der Waals surface area (Å²) in [7, 11) is 0. The molecule has 0 saturated heterocycles. The van der Waals surface area contributed by atoms with Crippen LogP contribution in [0.2, 0.25) is 0 Å². The minimum Gasteiger partial charge on any atom is -0.327 e. The fraction of sp³-hybridized carbons (Fsp3) is 0.364. The second kappa shape index (κ2) is 6.50. The van der Waals surface area contributed by atoms with E-state index in [0.717, 1.165) is 0 Å². The Hall–Kier alpha value is -1.07. The highest BCUT2D eigenvalue weighted by molar-refractivity contribution is 8.00. The zero-order chi connectivity index (χ0) is 12.0. The highest BCUT2D eigenvalue weighted by Crippen LogP contribution is 2.13. The van der Waals surface area contributed by atoms with E-state index in [-0.39, 0.29) is 23.4 Å². The Balaban J connectivity index is 2.37. The number of nitrogens with two attached hydrogens (primary N) is 1. The summed E-state index contributed by atoms with van der Waals surface area (Å²) in [5.74, 6) is 0.365. The van der Waals surface area contributed by atoms with Gasteiger partial charge in [0.15, 0.2) is 0 Å². The van der Waals surface area contributed by atoms with E-state index in [0.29, 0.717) is 5.75 Å². The molecule has 16 heavy (non-hydrogen) atoms. The largest absolute Gasteiger partial charge is 0.327 e. The number of para-hydroxylation sites is 1. The lowest BCUT2D eigenvalue weighted by Gasteiger charge is -2.07. The number of halogens is 1. The fourth-order valence-electron chi connectivity index (χ4n) is 1.09. The molecule has 0 aliphatic rings. The molecule has 0 spiro atoms. The van der Waals surface area contributed by atoms with E-state index in [2.05, 4.69) is 5.32 Å². The highest BCUT2D eigenvalue weighted by Gasteiger charge is 2.06. The quantitative estimate of drug-likeness (QED) is 0.828. The van der Waals surface area contributed by atoms with Gasteiger partial charge in [-0.05, 0) is 19.1 Å². The van der Waals surface area contributed by atoms with Gasteiger partial charge in [-0.15, -0.1) is 0 Å². The number of anilines is 1. The van der Waals surface area contributed by atoms with Gasteiger partial charge in [0.2, 0.25) is 5.91 Å². The minimum absolute atomic E-state index is 0.0614. The first-order valence-electron chi connectivity index (χ1n) is 4.97. The molecule has 0 radical (unpaired) electrons. The third kappa shape index (κ3) is 4.63. The summed E-state index contributed by atoms with van der Waals surface area (Å²) in [6.07, 6.45) is 0. The maximum absolute atomic E-state index is 13.2. The first kappa shape index (κ1) is 13.0. The van der Waals surface area contributed by atoms with Crippen LogP contribution in [-0.4, -0.2) is 23.5 Å². The number of hydrogen-bond donors (Lipinski definition) is 2. The first-order chi connectivity index (χ1) is 7.59. The van der Waals surface area contributed by atoms with Crippen molar-refractivity contribution in [1.82, 2.24) is 0 Å². The Bertz CT molecular complexity index is 358. The molecule has 0 aliphatic heterocycles. The van der Waals surface area contributed by atoms with Crippen molar-refractivity contribution < 1.29 is 9.18 Å². The molecule has 0 aliphatic carbocycles. The van der Waals surface area contributed by atoms with Crippen molar-refractivity contribution in [3.05, 3.63) is 30.1 Å². The highest BCUT2D eigenvalue weighted by atomic mass is 32.2. The topological polar surface area (TPSA) is 55.1 Å². The number of rotatable bonds is 5. The summed E-state index contributed by atoms with van der Waals surface area (Å²) in [6, 6.07) is 6.16. The van der Waals surface area contributed by atoms with Gasteiger partial charge in [-0.1, -0.05) is 12.1 Å². The Labute approximate surface area is 98.6 Å². The molecule has 0 aromatic heterocycles. The molecule has 1 rings (SSSR count). The zero-order valence-electron chi connectivity index (χ0n) is 9.07. The van der Waals surface area contributed by atoms with Crippen molar-refractivity contribution in [2.75, 3.05) is 16.8 Å². The van der Waals surface area contributed by atoms with Crippen LogP contribution in [-0.2, 0) is 4.79 Å². The number of carbonyl (C=O) groups is 1. The average Bonchev–Trinajstić information content (AvgIpc) is 2.21. The van der Waals surface area contributed by atoms with Gasteiger partial charge in [0.25, 0.3) is 0 Å². The number of thioether (sulfide) groups is 1. The van der Waals surface area contributed by atoms with Gasteiger partial charge >= 0.3 is 0 Å². The molecule has 0 saturated carbocycles. The van der Waals surface area contributed by atoms with Gasteiger partial charge in [-0.3, -0.25) is 4.79 Å². The van der Waals surface area contributed by atoms with Crippen LogP contribution in [0.1, 0.15) is 6.92 Å². The predicted molar refractivity (Wildman–Crippen MR) is 66.0 cm³/mol. The van der Waals surface area contributed by atoms with Crippen molar-refractivity contribution in [2.24, 2.45) is 5.73 Å². The summed E-state index contributed by atoms with van der Waals surface area (Å²) in [5, 5.41) is 2.51. The lowest BCUT2D eigenvalue weighted by molar-refractivity contribution is -0.113. The summed E-state index contributed by atoms with van der Waals surface area (Å²) in [5.41, 5.74) is 5.76. The Morgan fingerprint density at radius 1 is 1.56 bits per heavy atom. The summed E-state index contributed by atoms with van der Waals surface area (Å²) >= 11 is 1.44. The lowest BCUT2D eigenvalue weighted by atomic mass is 10.3. The molecule has 5 heteroatoms. The second-order valence-corrected chi connectivity index (χ2v) is 4.55. The molecule has 3 nitrogen and oxygen atoms in total. The third-order valence-corrected chi connectivity index (χ3v) is 2.99. The molecule has 1 aromatic rings. The normalized spacial score (nSPS) is 12.2. The van der Waals surface area contributed by atoms with Crippen molar-refractivity contribution in [3.63, 3.8) is 0 Å². The van der Waals surface area contributed by atoms with Crippen molar-refractivity contribution >= 4 is 23.4 Å². The molecule has 1 aromatic carbocycles. The van der Waals surface area contributed by atoms with Gasteiger partial charge in [0, 0.05) is 11.8 Å². The molecular weight excluding hydrogens is 227 g/mol. The number of nitrogens with one attached hydrogen (secondary N) is 1. The van der Waals surface area contributed by atoms with Crippen LogP contribution < -0.4 is 11.1 Å². The van der Waals surface area contributed by atoms with Gasteiger partial charge in [0.05, 0.1) is 11.4 Å². The van der Waals surface area contributed by atoms with E-state index in [1.54, 1.807) is 12.1 Å². The van der Waals surface area contributed by atoms with Gasteiger partial charge in [-0.25, -0.2) is 4.39 Å². The van der Waals surface area contributed by atoms with Crippen molar-refractivity contribution in [3.8, 4) is 0 Å². The number of hydrogen-bond acceptors (Lipinski definition) is 3. The standard InChI is InChI=1S/C11H15FN2OS/c1-8(13)6-16-7-11(15)14-10-5-3-2-4-9(10)12/h2-5,8H,6-7,13H2,1H3,(H,14,15). The van der Waals surface area contributed by atoms with Crippen LogP contribution in [0.4, 0.5) is 10.1 Å². The molecule has 88 valence electrons. The van der Waals surface area contributed by atoms with Crippen LogP contribution in [0.15, 0.2) is 24.3 Å². The van der Waals surface area contributed by atoms with Crippen molar-refractivity contribution in [2.45, 2.75) is 13.0 Å². The average molecular weight is 242 g/mol. The van der Waals surface area contributed by atoms with E-state index < -0.39 is 5.82 Å². The minimum atomic E-state index is -0.423. The SMILES string of the molecule is CC(N)CSCC(=O)Nc1ccccc1F. The first-order valence-corrected chi connectivity index (χ1v) is 6.12. The van der Waals surface area contributed by atoms with Crippen LogP contribution >= 0.6 is 11.8 Å². The van der Waals surface area contributed by atoms with Crippen LogP contribution in [0.25, 0.3) is 0 Å². The third-order valence-electron chi connectivity index (χ3n) is 1.76. The summed E-state index contributed by atoms with van der Waals surface area (Å²) in [4.78, 5) is 11.4. The fourth-order valence-corrected chi connectivity index (χ4v) is 1.83. The van der Waals surface area contributed by atoms with Crippen LogP contribution in [0.5, 0.6) is 0 Å². The monoisotopic (exact) mass is 242 g/mol. The molecule has 0 heterocycles.